The fourth-order valence-corrected chi connectivity index (χ4v) is 1.20. The van der Waals surface area contributed by atoms with Gasteiger partial charge in [-0.2, -0.15) is 0 Å². The van der Waals surface area contributed by atoms with E-state index in [9.17, 15) is 9.36 Å². The standard InChI is InChI=1S/C6H14NO8P/c7-4(6(11)16(12,13)14)5(10)15-2-3(9)1-8/h3-4,6,8-9,11H,1-2,7H2,(H2,12,13,14)/t3-,4+,6?/m0/s1. The van der Waals surface area contributed by atoms with E-state index >= 15 is 0 Å². The predicted molar refractivity (Wildman–Crippen MR) is 50.1 cm³/mol. The van der Waals surface area contributed by atoms with Crippen LogP contribution in [0.4, 0.5) is 0 Å². The van der Waals surface area contributed by atoms with Crippen LogP contribution in [0.25, 0.3) is 0 Å². The topological polar surface area (TPSA) is 171 Å². The lowest BCUT2D eigenvalue weighted by Crippen LogP contribution is -2.43. The first kappa shape index (κ1) is 15.5. The highest BCUT2D eigenvalue weighted by molar-refractivity contribution is 7.52. The summed E-state index contributed by atoms with van der Waals surface area (Å²) in [5.74, 6) is -3.66. The van der Waals surface area contributed by atoms with Crippen LogP contribution in [0.15, 0.2) is 0 Å². The third-order valence-corrected chi connectivity index (χ3v) is 2.58. The van der Waals surface area contributed by atoms with E-state index in [0.717, 1.165) is 0 Å². The Hall–Kier alpha value is -0.540. The summed E-state index contributed by atoms with van der Waals surface area (Å²) in [6.07, 6.45) is -1.32. The Kier molecular flexibility index (Phi) is 6.05. The molecule has 0 aliphatic rings. The molecule has 7 N–H and O–H groups in total. The fourth-order valence-electron chi connectivity index (χ4n) is 0.658. The summed E-state index contributed by atoms with van der Waals surface area (Å²) >= 11 is 0. The van der Waals surface area contributed by atoms with Crippen LogP contribution in [-0.2, 0) is 14.1 Å². The summed E-state index contributed by atoms with van der Waals surface area (Å²) in [6.45, 7) is -1.24. The molecule has 0 fully saturated rings. The van der Waals surface area contributed by atoms with Crippen molar-refractivity contribution in [1.82, 2.24) is 0 Å². The molecule has 0 spiro atoms. The summed E-state index contributed by atoms with van der Waals surface area (Å²) in [4.78, 5) is 28.0. The second kappa shape index (κ2) is 6.26. The van der Waals surface area contributed by atoms with E-state index in [1.54, 1.807) is 0 Å². The van der Waals surface area contributed by atoms with Crippen molar-refractivity contribution in [2.24, 2.45) is 5.73 Å². The van der Waals surface area contributed by atoms with Crippen LogP contribution < -0.4 is 5.73 Å². The Balaban J connectivity index is 4.24. The third kappa shape index (κ3) is 4.99. The zero-order valence-corrected chi connectivity index (χ0v) is 9.03. The van der Waals surface area contributed by atoms with Gasteiger partial charge >= 0.3 is 13.6 Å². The Bertz CT molecular complexity index is 278. The van der Waals surface area contributed by atoms with Gasteiger partial charge in [-0.05, 0) is 0 Å². The Morgan fingerprint density at radius 1 is 1.38 bits per heavy atom. The lowest BCUT2D eigenvalue weighted by molar-refractivity contribution is -0.150. The number of carbonyl (C=O) groups excluding carboxylic acids is 1. The van der Waals surface area contributed by atoms with Gasteiger partial charge in [0.2, 0.25) is 0 Å². The number of carbonyl (C=O) groups is 1. The SMILES string of the molecule is N[C@H](C(=O)OC[C@@H](O)CO)C(O)P(=O)(O)O. The molecule has 0 heterocycles. The Labute approximate surface area is 90.6 Å². The largest absolute Gasteiger partial charge is 0.462 e. The van der Waals surface area contributed by atoms with Crippen molar-refractivity contribution in [3.8, 4) is 0 Å². The number of nitrogens with two attached hydrogens (primary N) is 1. The minimum atomic E-state index is -4.90. The first-order valence-corrected chi connectivity index (χ1v) is 5.82. The number of hydrogen-bond acceptors (Lipinski definition) is 7. The van der Waals surface area contributed by atoms with Crippen LogP contribution in [0, 0.1) is 0 Å². The molecule has 0 amide bonds. The molecule has 0 aliphatic carbocycles. The molecule has 16 heavy (non-hydrogen) atoms. The minimum absolute atomic E-state index is 0.586. The predicted octanol–water partition coefficient (Wildman–Crippen LogP) is -3.29. The molecule has 0 aliphatic heterocycles. The quantitative estimate of drug-likeness (QED) is 0.211. The van der Waals surface area contributed by atoms with Gasteiger partial charge in [0.15, 0.2) is 5.85 Å². The molecule has 0 saturated carbocycles. The Morgan fingerprint density at radius 2 is 1.88 bits per heavy atom. The van der Waals surface area contributed by atoms with E-state index in [1.807, 2.05) is 0 Å². The van der Waals surface area contributed by atoms with Crippen LogP contribution >= 0.6 is 7.60 Å². The van der Waals surface area contributed by atoms with Crippen LogP contribution in [0.5, 0.6) is 0 Å². The maximum Gasteiger partial charge on any atom is 0.356 e. The summed E-state index contributed by atoms with van der Waals surface area (Å²) in [7, 11) is -4.90. The third-order valence-electron chi connectivity index (χ3n) is 1.57. The fraction of sp³-hybridized carbons (Fsp3) is 0.833. The second-order valence-electron chi connectivity index (χ2n) is 2.99. The van der Waals surface area contributed by atoms with Crippen LogP contribution in [0.1, 0.15) is 0 Å². The molecule has 0 rings (SSSR count). The van der Waals surface area contributed by atoms with Crippen LogP contribution in [0.3, 0.4) is 0 Å². The van der Waals surface area contributed by atoms with Gasteiger partial charge in [-0.1, -0.05) is 0 Å². The molecule has 10 heteroatoms. The van der Waals surface area contributed by atoms with Gasteiger partial charge in [0.1, 0.15) is 18.8 Å². The molecule has 0 radical (unpaired) electrons. The average molecular weight is 259 g/mol. The van der Waals surface area contributed by atoms with Crippen molar-refractivity contribution in [2.75, 3.05) is 13.2 Å². The van der Waals surface area contributed by atoms with Crippen molar-refractivity contribution in [3.05, 3.63) is 0 Å². The molecule has 96 valence electrons. The van der Waals surface area contributed by atoms with E-state index < -0.39 is 44.8 Å². The van der Waals surface area contributed by atoms with Crippen molar-refractivity contribution < 1.29 is 39.2 Å². The van der Waals surface area contributed by atoms with Crippen molar-refractivity contribution in [2.45, 2.75) is 18.0 Å². The van der Waals surface area contributed by atoms with E-state index in [2.05, 4.69) is 4.74 Å². The number of ether oxygens (including phenoxy) is 1. The number of hydrogen-bond donors (Lipinski definition) is 6. The first-order valence-electron chi connectivity index (χ1n) is 4.14. The molecular formula is C6H14NO8P. The zero-order valence-electron chi connectivity index (χ0n) is 8.13. The Morgan fingerprint density at radius 3 is 2.25 bits per heavy atom. The van der Waals surface area contributed by atoms with Gasteiger partial charge in [0.05, 0.1) is 6.61 Å². The maximum atomic E-state index is 11.0. The summed E-state index contributed by atoms with van der Waals surface area (Å²) in [5.41, 5.74) is 5.01. The zero-order chi connectivity index (χ0) is 12.9. The van der Waals surface area contributed by atoms with E-state index in [-0.39, 0.29) is 0 Å². The summed E-state index contributed by atoms with van der Waals surface area (Å²) in [6, 6.07) is -1.92. The average Bonchev–Trinajstić information content (AvgIpc) is 2.21. The van der Waals surface area contributed by atoms with E-state index in [1.165, 1.54) is 0 Å². The van der Waals surface area contributed by atoms with E-state index in [4.69, 9.17) is 30.8 Å². The monoisotopic (exact) mass is 259 g/mol. The number of aliphatic hydroxyl groups excluding tert-OH is 3. The highest BCUT2D eigenvalue weighted by Gasteiger charge is 2.37. The summed E-state index contributed by atoms with van der Waals surface area (Å²) < 4.78 is 14.8. The van der Waals surface area contributed by atoms with E-state index in [0.29, 0.717) is 0 Å². The molecular weight excluding hydrogens is 245 g/mol. The molecule has 0 bridgehead atoms. The molecule has 9 nitrogen and oxygen atoms in total. The molecule has 0 aromatic carbocycles. The normalized spacial score (nSPS) is 17.6. The van der Waals surface area contributed by atoms with Gasteiger partial charge in [-0.3, -0.25) is 9.36 Å². The molecule has 0 aromatic heterocycles. The van der Waals surface area contributed by atoms with Crippen molar-refractivity contribution >= 4 is 13.6 Å². The van der Waals surface area contributed by atoms with Gasteiger partial charge in [-0.15, -0.1) is 0 Å². The smallest absolute Gasteiger partial charge is 0.356 e. The summed E-state index contributed by atoms with van der Waals surface area (Å²) in [5, 5.41) is 26.1. The minimum Gasteiger partial charge on any atom is -0.462 e. The molecule has 0 aromatic rings. The van der Waals surface area contributed by atoms with Crippen LogP contribution in [-0.4, -0.2) is 62.3 Å². The van der Waals surface area contributed by atoms with Gasteiger partial charge in [0.25, 0.3) is 0 Å². The van der Waals surface area contributed by atoms with Gasteiger partial charge < -0.3 is 35.6 Å². The van der Waals surface area contributed by atoms with Crippen molar-refractivity contribution in [1.29, 1.82) is 0 Å². The van der Waals surface area contributed by atoms with Crippen molar-refractivity contribution in [3.63, 3.8) is 0 Å². The maximum absolute atomic E-state index is 11.0. The molecule has 0 saturated heterocycles. The second-order valence-corrected chi connectivity index (χ2v) is 4.70. The first-order chi connectivity index (χ1) is 7.20. The molecule has 1 unspecified atom stereocenters. The lowest BCUT2D eigenvalue weighted by Gasteiger charge is -2.18. The molecule has 3 atom stereocenters. The van der Waals surface area contributed by atoms with Gasteiger partial charge in [0, 0.05) is 0 Å². The number of esters is 1. The number of aliphatic hydroxyl groups is 3. The van der Waals surface area contributed by atoms with Crippen LogP contribution in [0.2, 0.25) is 0 Å². The highest BCUT2D eigenvalue weighted by Crippen LogP contribution is 2.40. The lowest BCUT2D eigenvalue weighted by atomic mass is 10.3. The highest BCUT2D eigenvalue weighted by atomic mass is 31.2. The number of rotatable bonds is 6. The van der Waals surface area contributed by atoms with Gasteiger partial charge in [-0.25, -0.2) is 0 Å².